The zero-order valence-electron chi connectivity index (χ0n) is 42.4. The predicted octanol–water partition coefficient (Wildman–Crippen LogP) is 12.7. The Kier molecular flexibility index (Phi) is 18.0. The molecule has 2 aliphatic heterocycles. The van der Waals surface area contributed by atoms with Gasteiger partial charge in [0.05, 0.1) is 0 Å². The standard InChI is InChI=1S/C66H68N2O6/c69-63(67-47-57-36-15-13-34-53(57)45-61(67)65(71)73-59(40-17-30-49-22-5-1-6-23-49)41-18-31-50-24-7-2-8-25-50)55-38-21-39-56(44-55)64(70)68-48-58-37-16-14-35-54(58)46-62(68)66(72)74-60(42-19-32-51-26-9-3-10-27-51)43-20-33-52-28-11-4-12-29-52/h1-16,21-29,34-39,44,59-62H,17-20,30-33,40-43,45-48H2/t61-,62?/m0/s1. The molecule has 2 heterocycles. The van der Waals surface area contributed by atoms with Crippen LogP contribution in [0.2, 0.25) is 0 Å². The lowest BCUT2D eigenvalue weighted by Crippen LogP contribution is -2.50. The van der Waals surface area contributed by atoms with Crippen molar-refractivity contribution in [2.75, 3.05) is 0 Å². The van der Waals surface area contributed by atoms with Gasteiger partial charge in [-0.3, -0.25) is 9.59 Å². The Balaban J connectivity index is 0.923. The molecular formula is C66H68N2O6. The third-order valence-corrected chi connectivity index (χ3v) is 14.8. The third kappa shape index (κ3) is 13.9. The molecule has 9 rings (SSSR count). The third-order valence-electron chi connectivity index (χ3n) is 14.8. The van der Waals surface area contributed by atoms with Gasteiger partial charge < -0.3 is 19.3 Å². The maximum Gasteiger partial charge on any atom is 0.329 e. The minimum Gasteiger partial charge on any atom is -0.461 e. The number of nitrogens with zero attached hydrogens (tertiary/aromatic N) is 2. The van der Waals surface area contributed by atoms with Crippen molar-refractivity contribution < 1.29 is 28.7 Å². The van der Waals surface area contributed by atoms with Crippen LogP contribution in [0.4, 0.5) is 0 Å². The van der Waals surface area contributed by atoms with E-state index in [1.165, 1.54) is 22.3 Å². The SMILES string of the molecule is O=C(OC(CCCc1ccccc1)CCCc1ccccc1)C1Cc2ccccc2CN1C(=O)c1cccc(C(=O)N2Cc3ccccc3C[C@H]2C(=O)OC(CCCc2ccccc2)CCCc2ccccc2)c1. The van der Waals surface area contributed by atoms with E-state index in [-0.39, 0.29) is 48.2 Å². The molecule has 7 aromatic rings. The van der Waals surface area contributed by atoms with Gasteiger partial charge in [-0.1, -0.05) is 176 Å². The van der Waals surface area contributed by atoms with Crippen LogP contribution in [-0.2, 0) is 70.7 Å². The van der Waals surface area contributed by atoms with Crippen LogP contribution in [0.15, 0.2) is 194 Å². The van der Waals surface area contributed by atoms with Gasteiger partial charge in [-0.2, -0.15) is 0 Å². The second-order valence-electron chi connectivity index (χ2n) is 20.1. The average molecular weight is 985 g/mol. The number of rotatable bonds is 22. The number of esters is 2. The molecule has 0 spiro atoms. The Hall–Kier alpha value is -7.58. The smallest absolute Gasteiger partial charge is 0.329 e. The fourth-order valence-electron chi connectivity index (χ4n) is 10.7. The summed E-state index contributed by atoms with van der Waals surface area (Å²) in [5.41, 5.74) is 9.47. The lowest BCUT2D eigenvalue weighted by molar-refractivity contribution is -0.156. The van der Waals surface area contributed by atoms with E-state index < -0.39 is 24.0 Å². The van der Waals surface area contributed by atoms with Crippen molar-refractivity contribution in [3.05, 3.63) is 250 Å². The summed E-state index contributed by atoms with van der Waals surface area (Å²) in [4.78, 5) is 62.4. The maximum atomic E-state index is 14.9. The molecule has 378 valence electrons. The molecule has 8 heteroatoms. The van der Waals surface area contributed by atoms with E-state index in [1.54, 1.807) is 34.1 Å². The minimum absolute atomic E-state index is 0.217. The van der Waals surface area contributed by atoms with Crippen molar-refractivity contribution in [3.63, 3.8) is 0 Å². The van der Waals surface area contributed by atoms with Gasteiger partial charge in [0.25, 0.3) is 11.8 Å². The van der Waals surface area contributed by atoms with Crippen molar-refractivity contribution >= 4 is 23.8 Å². The molecule has 0 aromatic heterocycles. The lowest BCUT2D eigenvalue weighted by atomic mass is 9.92. The van der Waals surface area contributed by atoms with E-state index in [9.17, 15) is 19.2 Å². The van der Waals surface area contributed by atoms with E-state index in [2.05, 4.69) is 48.5 Å². The Bertz CT molecular complexity index is 2640. The van der Waals surface area contributed by atoms with Gasteiger partial charge in [0.1, 0.15) is 24.3 Å². The molecule has 0 radical (unpaired) electrons. The summed E-state index contributed by atoms with van der Waals surface area (Å²) in [5, 5.41) is 0. The summed E-state index contributed by atoms with van der Waals surface area (Å²) in [6.07, 6.45) is 9.74. The fraction of sp³-hybridized carbons (Fsp3) is 0.303. The Morgan fingerprint density at radius 2 is 0.676 bits per heavy atom. The number of carbonyl (C=O) groups excluding carboxylic acids is 4. The predicted molar refractivity (Wildman–Crippen MR) is 291 cm³/mol. The highest BCUT2D eigenvalue weighted by Crippen LogP contribution is 2.30. The highest BCUT2D eigenvalue weighted by molar-refractivity contribution is 6.02. The topological polar surface area (TPSA) is 93.2 Å². The second-order valence-corrected chi connectivity index (χ2v) is 20.1. The number of carbonyl (C=O) groups is 4. The molecule has 7 aromatic carbocycles. The van der Waals surface area contributed by atoms with E-state index >= 15 is 0 Å². The highest BCUT2D eigenvalue weighted by atomic mass is 16.5. The van der Waals surface area contributed by atoms with Crippen LogP contribution in [0, 0.1) is 0 Å². The van der Waals surface area contributed by atoms with Gasteiger partial charge in [0, 0.05) is 37.1 Å². The van der Waals surface area contributed by atoms with Gasteiger partial charge in [0.15, 0.2) is 0 Å². The van der Waals surface area contributed by atoms with Crippen molar-refractivity contribution in [3.8, 4) is 0 Å². The Labute approximate surface area is 437 Å². The quantitative estimate of drug-likeness (QED) is 0.0628. The second kappa shape index (κ2) is 25.9. The van der Waals surface area contributed by atoms with Crippen LogP contribution in [0.1, 0.15) is 117 Å². The zero-order chi connectivity index (χ0) is 50.9. The number of fused-ring (bicyclic) bond motifs is 2. The van der Waals surface area contributed by atoms with Crippen LogP contribution >= 0.6 is 0 Å². The molecule has 0 fully saturated rings. The Morgan fingerprint density at radius 3 is 1.00 bits per heavy atom. The molecule has 1 unspecified atom stereocenters. The van der Waals surface area contributed by atoms with Crippen molar-refractivity contribution in [2.24, 2.45) is 0 Å². The molecule has 74 heavy (non-hydrogen) atoms. The average Bonchev–Trinajstić information content (AvgIpc) is 3.45. The number of ether oxygens (including phenoxy) is 2. The summed E-state index contributed by atoms with van der Waals surface area (Å²) >= 11 is 0. The minimum atomic E-state index is -0.867. The molecule has 8 nitrogen and oxygen atoms in total. The van der Waals surface area contributed by atoms with Crippen molar-refractivity contribution in [2.45, 2.75) is 127 Å². The highest BCUT2D eigenvalue weighted by Gasteiger charge is 2.39. The number of amides is 2. The van der Waals surface area contributed by atoms with Gasteiger partial charge in [0.2, 0.25) is 0 Å². The largest absolute Gasteiger partial charge is 0.461 e. The molecule has 0 saturated carbocycles. The number of hydrogen-bond acceptors (Lipinski definition) is 6. The number of aryl methyl sites for hydroxylation is 4. The summed E-state index contributed by atoms with van der Waals surface area (Å²) in [6, 6.07) is 62.3. The fourth-order valence-corrected chi connectivity index (χ4v) is 10.7. The van der Waals surface area contributed by atoms with Gasteiger partial charge in [-0.25, -0.2) is 9.59 Å². The first-order valence-corrected chi connectivity index (χ1v) is 26.8. The molecule has 0 N–H and O–H groups in total. The molecule has 2 amide bonds. The summed E-state index contributed by atoms with van der Waals surface area (Å²) < 4.78 is 13.0. The van der Waals surface area contributed by atoms with E-state index in [1.807, 2.05) is 121 Å². The van der Waals surface area contributed by atoms with Crippen LogP contribution in [0.5, 0.6) is 0 Å². The van der Waals surface area contributed by atoms with E-state index in [0.717, 1.165) is 73.6 Å². The van der Waals surface area contributed by atoms with Gasteiger partial charge in [-0.15, -0.1) is 0 Å². The van der Waals surface area contributed by atoms with Gasteiger partial charge in [-0.05, 0) is 140 Å². The van der Waals surface area contributed by atoms with E-state index in [0.29, 0.717) is 38.5 Å². The number of hydrogen-bond donors (Lipinski definition) is 0. The molecule has 0 bridgehead atoms. The normalized spacial score (nSPS) is 15.1. The van der Waals surface area contributed by atoms with Crippen LogP contribution in [-0.4, -0.2) is 57.8 Å². The first kappa shape index (κ1) is 51.3. The molecule has 0 aliphatic carbocycles. The van der Waals surface area contributed by atoms with Gasteiger partial charge >= 0.3 is 11.9 Å². The molecule has 0 saturated heterocycles. The van der Waals surface area contributed by atoms with Crippen LogP contribution in [0.25, 0.3) is 0 Å². The summed E-state index contributed by atoms with van der Waals surface area (Å²) in [5.74, 6) is -1.57. The van der Waals surface area contributed by atoms with Crippen molar-refractivity contribution in [1.29, 1.82) is 0 Å². The first-order chi connectivity index (χ1) is 36.3. The molecule has 2 atom stereocenters. The Morgan fingerprint density at radius 1 is 0.378 bits per heavy atom. The summed E-state index contributed by atoms with van der Waals surface area (Å²) in [6.45, 7) is 0.433. The molecule has 2 aliphatic rings. The number of benzene rings is 7. The lowest BCUT2D eigenvalue weighted by Gasteiger charge is -2.37. The van der Waals surface area contributed by atoms with Crippen LogP contribution in [0.3, 0.4) is 0 Å². The van der Waals surface area contributed by atoms with E-state index in [4.69, 9.17) is 9.47 Å². The first-order valence-electron chi connectivity index (χ1n) is 26.8. The molecular weight excluding hydrogens is 917 g/mol. The van der Waals surface area contributed by atoms with Crippen molar-refractivity contribution in [1.82, 2.24) is 9.80 Å². The zero-order valence-corrected chi connectivity index (χ0v) is 42.4. The van der Waals surface area contributed by atoms with Crippen LogP contribution < -0.4 is 0 Å². The summed E-state index contributed by atoms with van der Waals surface area (Å²) in [7, 11) is 0. The maximum absolute atomic E-state index is 14.9. The monoisotopic (exact) mass is 985 g/mol.